The first-order valence-corrected chi connectivity index (χ1v) is 5.79. The Morgan fingerprint density at radius 3 is 3.06 bits per heavy atom. The second-order valence-electron chi connectivity index (χ2n) is 4.20. The smallest absolute Gasteiger partial charge is 0.343 e. The molecule has 1 unspecified atom stereocenters. The minimum Gasteiger partial charge on any atom is -0.465 e. The van der Waals surface area contributed by atoms with Crippen LogP contribution in [0, 0.1) is 0 Å². The zero-order chi connectivity index (χ0) is 13.1. The van der Waals surface area contributed by atoms with Crippen molar-refractivity contribution in [3.63, 3.8) is 0 Å². The molecule has 1 N–H and O–H groups in total. The number of halogens is 1. The van der Waals surface area contributed by atoms with Gasteiger partial charge in [-0.15, -0.1) is 0 Å². The number of pyridine rings is 1. The van der Waals surface area contributed by atoms with Crippen LogP contribution in [0.2, 0.25) is 0 Å². The molecule has 1 aliphatic heterocycles. The van der Waals surface area contributed by atoms with Crippen molar-refractivity contribution in [1.29, 1.82) is 0 Å². The van der Waals surface area contributed by atoms with Crippen LogP contribution in [0.3, 0.4) is 0 Å². The molecule has 1 aromatic rings. The molecule has 0 aliphatic carbocycles. The minimum atomic E-state index is -1.13. The Kier molecular flexibility index (Phi) is 3.76. The highest BCUT2D eigenvalue weighted by Gasteiger charge is 2.27. The molecule has 1 saturated heterocycles. The first-order chi connectivity index (χ1) is 8.65. The number of piperidine rings is 1. The highest BCUT2D eigenvalue weighted by molar-refractivity contribution is 5.88. The molecular weight excluding hydrogens is 239 g/mol. The van der Waals surface area contributed by atoms with Crippen LogP contribution in [0.1, 0.15) is 22.8 Å². The molecule has 2 rings (SSSR count). The van der Waals surface area contributed by atoms with Crippen molar-refractivity contribution in [3.8, 4) is 0 Å². The number of carbonyl (C=O) groups is 1. The van der Waals surface area contributed by atoms with E-state index in [4.69, 9.17) is 0 Å². The number of aromatic nitrogens is 1. The summed E-state index contributed by atoms with van der Waals surface area (Å²) in [5.41, 5.74) is -0.565. The lowest BCUT2D eigenvalue weighted by molar-refractivity contribution is 0.0596. The third-order valence-electron chi connectivity index (χ3n) is 3.11. The van der Waals surface area contributed by atoms with Crippen molar-refractivity contribution in [2.75, 3.05) is 20.2 Å². The Bertz CT molecular complexity index is 500. The van der Waals surface area contributed by atoms with E-state index in [0.29, 0.717) is 13.0 Å². The number of ether oxygens (including phenoxy) is 1. The summed E-state index contributed by atoms with van der Waals surface area (Å²) < 4.78 is 19.6. The van der Waals surface area contributed by atoms with Gasteiger partial charge >= 0.3 is 5.97 Å². The van der Waals surface area contributed by atoms with Gasteiger partial charge < -0.3 is 14.6 Å². The van der Waals surface area contributed by atoms with Gasteiger partial charge in [0.15, 0.2) is 0 Å². The summed E-state index contributed by atoms with van der Waals surface area (Å²) in [7, 11) is 1.21. The molecule has 0 radical (unpaired) electrons. The van der Waals surface area contributed by atoms with Gasteiger partial charge in [-0.3, -0.25) is 4.79 Å². The maximum Gasteiger partial charge on any atom is 0.343 e. The molecule has 98 valence electrons. The van der Waals surface area contributed by atoms with Gasteiger partial charge in [-0.05, 0) is 25.1 Å². The van der Waals surface area contributed by atoms with Gasteiger partial charge in [0.1, 0.15) is 11.7 Å². The molecule has 18 heavy (non-hydrogen) atoms. The summed E-state index contributed by atoms with van der Waals surface area (Å²) in [6.07, 6.45) is 0.896. The second-order valence-corrected chi connectivity index (χ2v) is 4.20. The van der Waals surface area contributed by atoms with Crippen LogP contribution in [-0.2, 0) is 4.74 Å². The van der Waals surface area contributed by atoms with Crippen LogP contribution in [-0.4, -0.2) is 36.9 Å². The molecule has 6 heteroatoms. The van der Waals surface area contributed by atoms with E-state index in [1.807, 2.05) is 0 Å². The Morgan fingerprint density at radius 2 is 2.39 bits per heavy atom. The molecule has 1 aliphatic rings. The van der Waals surface area contributed by atoms with Gasteiger partial charge in [-0.2, -0.15) is 0 Å². The SMILES string of the molecule is COC(=O)c1cccn([C@H]2CCNCC2F)c1=O. The van der Waals surface area contributed by atoms with E-state index >= 15 is 0 Å². The normalized spacial score (nSPS) is 23.7. The number of hydrogen-bond donors (Lipinski definition) is 1. The molecule has 0 bridgehead atoms. The third kappa shape index (κ3) is 2.28. The summed E-state index contributed by atoms with van der Waals surface area (Å²) in [5, 5.41) is 2.92. The lowest BCUT2D eigenvalue weighted by Gasteiger charge is -2.28. The topological polar surface area (TPSA) is 60.3 Å². The van der Waals surface area contributed by atoms with Crippen LogP contribution in [0.4, 0.5) is 4.39 Å². The van der Waals surface area contributed by atoms with Gasteiger partial charge in [0, 0.05) is 12.7 Å². The van der Waals surface area contributed by atoms with Crippen molar-refractivity contribution >= 4 is 5.97 Å². The zero-order valence-corrected chi connectivity index (χ0v) is 10.1. The van der Waals surface area contributed by atoms with Crippen molar-refractivity contribution < 1.29 is 13.9 Å². The van der Waals surface area contributed by atoms with E-state index in [1.165, 1.54) is 23.9 Å². The van der Waals surface area contributed by atoms with Gasteiger partial charge in [0.05, 0.1) is 13.2 Å². The first kappa shape index (κ1) is 12.8. The number of carbonyl (C=O) groups excluding carboxylic acids is 1. The van der Waals surface area contributed by atoms with Crippen molar-refractivity contribution in [1.82, 2.24) is 9.88 Å². The van der Waals surface area contributed by atoms with Crippen LogP contribution in [0.25, 0.3) is 0 Å². The molecule has 1 fully saturated rings. The van der Waals surface area contributed by atoms with Crippen LogP contribution >= 0.6 is 0 Å². The molecule has 0 aromatic carbocycles. The van der Waals surface area contributed by atoms with Crippen LogP contribution < -0.4 is 10.9 Å². The second kappa shape index (κ2) is 5.30. The highest BCUT2D eigenvalue weighted by Crippen LogP contribution is 2.20. The van der Waals surface area contributed by atoms with Gasteiger partial charge in [-0.1, -0.05) is 0 Å². The van der Waals surface area contributed by atoms with Crippen LogP contribution in [0.5, 0.6) is 0 Å². The van der Waals surface area contributed by atoms with Gasteiger partial charge in [-0.25, -0.2) is 9.18 Å². The fourth-order valence-electron chi connectivity index (χ4n) is 2.16. The van der Waals surface area contributed by atoms with Crippen molar-refractivity contribution in [3.05, 3.63) is 34.2 Å². The fraction of sp³-hybridized carbons (Fsp3) is 0.500. The van der Waals surface area contributed by atoms with E-state index in [9.17, 15) is 14.0 Å². The number of nitrogens with one attached hydrogen (secondary N) is 1. The molecule has 1 aromatic heterocycles. The average Bonchev–Trinajstić information content (AvgIpc) is 2.39. The Hall–Kier alpha value is -1.69. The first-order valence-electron chi connectivity index (χ1n) is 5.79. The quantitative estimate of drug-likeness (QED) is 0.781. The monoisotopic (exact) mass is 254 g/mol. The maximum atomic E-state index is 13.8. The van der Waals surface area contributed by atoms with Crippen LogP contribution in [0.15, 0.2) is 23.1 Å². The zero-order valence-electron chi connectivity index (χ0n) is 10.1. The summed E-state index contributed by atoms with van der Waals surface area (Å²) in [6.45, 7) is 0.875. The van der Waals surface area contributed by atoms with Gasteiger partial charge in [0.2, 0.25) is 0 Å². The molecular formula is C12H15FN2O3. The van der Waals surface area contributed by atoms with Gasteiger partial charge in [0.25, 0.3) is 5.56 Å². The van der Waals surface area contributed by atoms with E-state index < -0.39 is 23.7 Å². The summed E-state index contributed by atoms with van der Waals surface area (Å²) in [6, 6.07) is 2.42. The standard InChI is InChI=1S/C12H15FN2O3/c1-18-12(17)8-3-2-6-15(11(8)16)10-4-5-14-7-9(10)13/h2-3,6,9-10,14H,4-5,7H2,1H3/t9?,10-/m0/s1. The number of rotatable bonds is 2. The average molecular weight is 254 g/mol. The Morgan fingerprint density at radius 1 is 1.61 bits per heavy atom. The third-order valence-corrected chi connectivity index (χ3v) is 3.11. The lowest BCUT2D eigenvalue weighted by atomic mass is 10.0. The number of alkyl halides is 1. The summed E-state index contributed by atoms with van der Waals surface area (Å²) in [5.74, 6) is -0.696. The molecule has 0 saturated carbocycles. The summed E-state index contributed by atoms with van der Waals surface area (Å²) >= 11 is 0. The highest BCUT2D eigenvalue weighted by atomic mass is 19.1. The Balaban J connectivity index is 2.39. The predicted octanol–water partition coefficient (Wildman–Crippen LogP) is 0.507. The van der Waals surface area contributed by atoms with Crippen molar-refractivity contribution in [2.24, 2.45) is 0 Å². The van der Waals surface area contributed by atoms with E-state index in [1.54, 1.807) is 6.07 Å². The maximum absolute atomic E-state index is 13.8. The molecule has 2 atom stereocenters. The minimum absolute atomic E-state index is 0.0641. The number of esters is 1. The van der Waals surface area contributed by atoms with Crippen molar-refractivity contribution in [2.45, 2.75) is 18.6 Å². The fourth-order valence-corrected chi connectivity index (χ4v) is 2.16. The van der Waals surface area contributed by atoms with E-state index in [2.05, 4.69) is 10.1 Å². The molecule has 2 heterocycles. The molecule has 0 spiro atoms. The molecule has 0 amide bonds. The number of methoxy groups -OCH3 is 1. The Labute approximate surface area is 104 Å². The summed E-state index contributed by atoms with van der Waals surface area (Å²) in [4.78, 5) is 23.5. The van der Waals surface area contributed by atoms with E-state index in [-0.39, 0.29) is 12.1 Å². The predicted molar refractivity (Wildman–Crippen MR) is 63.5 cm³/mol. The largest absolute Gasteiger partial charge is 0.465 e. The molecule has 5 nitrogen and oxygen atoms in total. The lowest BCUT2D eigenvalue weighted by Crippen LogP contribution is -2.43. The number of nitrogens with zero attached hydrogens (tertiary/aromatic N) is 1. The van der Waals surface area contributed by atoms with E-state index in [0.717, 1.165) is 0 Å². The number of hydrogen-bond acceptors (Lipinski definition) is 4.